The van der Waals surface area contributed by atoms with E-state index in [0.717, 1.165) is 0 Å². The SMILES string of the molecule is CNC(=O)c1cc(N)nc(Cl)c1. The molecule has 0 aliphatic heterocycles. The molecule has 4 nitrogen and oxygen atoms in total. The van der Waals surface area contributed by atoms with Crippen LogP contribution < -0.4 is 11.1 Å². The summed E-state index contributed by atoms with van der Waals surface area (Å²) in [5.74, 6) is 0.00657. The summed E-state index contributed by atoms with van der Waals surface area (Å²) in [5, 5.41) is 2.67. The van der Waals surface area contributed by atoms with E-state index in [0.29, 0.717) is 5.56 Å². The van der Waals surface area contributed by atoms with Gasteiger partial charge < -0.3 is 11.1 Å². The number of rotatable bonds is 1. The van der Waals surface area contributed by atoms with Crippen molar-refractivity contribution in [3.63, 3.8) is 0 Å². The van der Waals surface area contributed by atoms with Gasteiger partial charge in [-0.15, -0.1) is 0 Å². The summed E-state index contributed by atoms with van der Waals surface area (Å²) in [5.41, 5.74) is 5.79. The van der Waals surface area contributed by atoms with E-state index in [2.05, 4.69) is 10.3 Å². The first-order valence-electron chi connectivity index (χ1n) is 3.28. The second-order valence-corrected chi connectivity index (χ2v) is 2.57. The molecule has 1 rings (SSSR count). The number of carbonyl (C=O) groups is 1. The number of nitrogens with one attached hydrogen (secondary N) is 1. The fourth-order valence-corrected chi connectivity index (χ4v) is 1.01. The summed E-state index contributed by atoms with van der Waals surface area (Å²) in [6.07, 6.45) is 0. The zero-order chi connectivity index (χ0) is 9.14. The maximum absolute atomic E-state index is 11.1. The molecule has 0 spiro atoms. The van der Waals surface area contributed by atoms with Gasteiger partial charge in [0.05, 0.1) is 0 Å². The molecule has 0 aromatic carbocycles. The Bertz CT molecular complexity index is 293. The highest BCUT2D eigenvalue weighted by atomic mass is 35.5. The Kier molecular flexibility index (Phi) is 2.50. The van der Waals surface area contributed by atoms with Gasteiger partial charge in [0.1, 0.15) is 11.0 Å². The van der Waals surface area contributed by atoms with Crippen LogP contribution in [0.15, 0.2) is 12.1 Å². The average Bonchev–Trinajstić information content (AvgIpc) is 2.01. The lowest BCUT2D eigenvalue weighted by Gasteiger charge is -2.00. The number of anilines is 1. The van der Waals surface area contributed by atoms with Gasteiger partial charge in [-0.2, -0.15) is 0 Å². The maximum Gasteiger partial charge on any atom is 0.251 e. The molecule has 1 aromatic rings. The number of nitrogen functional groups attached to an aromatic ring is 1. The Morgan fingerprint density at radius 3 is 2.83 bits per heavy atom. The average molecular weight is 186 g/mol. The number of nitrogens with zero attached hydrogens (tertiary/aromatic N) is 1. The lowest BCUT2D eigenvalue weighted by atomic mass is 10.2. The number of hydrogen-bond donors (Lipinski definition) is 2. The van der Waals surface area contributed by atoms with Crippen molar-refractivity contribution in [2.75, 3.05) is 12.8 Å². The molecule has 1 aromatic heterocycles. The number of carbonyl (C=O) groups excluding carboxylic acids is 1. The highest BCUT2D eigenvalue weighted by Gasteiger charge is 2.05. The van der Waals surface area contributed by atoms with Gasteiger partial charge in [-0.1, -0.05) is 11.6 Å². The molecule has 0 saturated carbocycles. The predicted octanol–water partition coefficient (Wildman–Crippen LogP) is 0.677. The number of hydrogen-bond acceptors (Lipinski definition) is 3. The first-order chi connectivity index (χ1) is 5.63. The molecular weight excluding hydrogens is 178 g/mol. The molecule has 0 aliphatic carbocycles. The smallest absolute Gasteiger partial charge is 0.251 e. The monoisotopic (exact) mass is 185 g/mol. The molecule has 5 heteroatoms. The Morgan fingerprint density at radius 1 is 1.67 bits per heavy atom. The first kappa shape index (κ1) is 8.80. The van der Waals surface area contributed by atoms with Crippen LogP contribution >= 0.6 is 11.6 Å². The van der Waals surface area contributed by atoms with E-state index in [1.807, 2.05) is 0 Å². The second kappa shape index (κ2) is 3.40. The quantitative estimate of drug-likeness (QED) is 0.633. The Hall–Kier alpha value is -1.29. The fraction of sp³-hybridized carbons (Fsp3) is 0.143. The minimum atomic E-state index is -0.231. The van der Waals surface area contributed by atoms with Crippen molar-refractivity contribution in [2.45, 2.75) is 0 Å². The molecule has 12 heavy (non-hydrogen) atoms. The van der Waals surface area contributed by atoms with E-state index < -0.39 is 0 Å². The van der Waals surface area contributed by atoms with Crippen LogP contribution in [0.4, 0.5) is 5.82 Å². The third kappa shape index (κ3) is 1.85. The molecule has 0 radical (unpaired) electrons. The van der Waals surface area contributed by atoms with E-state index in [1.165, 1.54) is 19.2 Å². The van der Waals surface area contributed by atoms with Crippen molar-refractivity contribution in [1.29, 1.82) is 0 Å². The molecule has 0 saturated heterocycles. The second-order valence-electron chi connectivity index (χ2n) is 2.18. The van der Waals surface area contributed by atoms with Gasteiger partial charge in [-0.3, -0.25) is 4.79 Å². The third-order valence-corrected chi connectivity index (χ3v) is 1.50. The van der Waals surface area contributed by atoms with Gasteiger partial charge in [0.25, 0.3) is 5.91 Å². The molecule has 0 fully saturated rings. The van der Waals surface area contributed by atoms with Gasteiger partial charge in [0.2, 0.25) is 0 Å². The van der Waals surface area contributed by atoms with E-state index >= 15 is 0 Å². The zero-order valence-electron chi connectivity index (χ0n) is 6.47. The molecule has 64 valence electrons. The van der Waals surface area contributed by atoms with Crippen molar-refractivity contribution < 1.29 is 4.79 Å². The predicted molar refractivity (Wildman–Crippen MR) is 47.0 cm³/mol. The lowest BCUT2D eigenvalue weighted by Crippen LogP contribution is -2.18. The maximum atomic E-state index is 11.1. The molecule has 1 heterocycles. The highest BCUT2D eigenvalue weighted by Crippen LogP contribution is 2.11. The normalized spacial score (nSPS) is 9.50. The van der Waals surface area contributed by atoms with Crippen LogP contribution in [0.2, 0.25) is 5.15 Å². The molecule has 3 N–H and O–H groups in total. The topological polar surface area (TPSA) is 68.0 Å². The zero-order valence-corrected chi connectivity index (χ0v) is 7.22. The van der Waals surface area contributed by atoms with Crippen molar-refractivity contribution in [3.05, 3.63) is 22.8 Å². The van der Waals surface area contributed by atoms with Crippen LogP contribution in [-0.2, 0) is 0 Å². The van der Waals surface area contributed by atoms with Crippen LogP contribution in [0.1, 0.15) is 10.4 Å². The van der Waals surface area contributed by atoms with Crippen LogP contribution in [0.5, 0.6) is 0 Å². The van der Waals surface area contributed by atoms with Gasteiger partial charge in [-0.25, -0.2) is 4.98 Å². The number of pyridine rings is 1. The molecule has 0 unspecified atom stereocenters. The van der Waals surface area contributed by atoms with Gasteiger partial charge in [0, 0.05) is 12.6 Å². The van der Waals surface area contributed by atoms with Gasteiger partial charge >= 0.3 is 0 Å². The molecule has 0 aliphatic rings. The standard InChI is InChI=1S/C7H8ClN3O/c1-10-7(12)4-2-5(8)11-6(9)3-4/h2-3H,1H3,(H2,9,11)(H,10,12). The van der Waals surface area contributed by atoms with Crippen molar-refractivity contribution in [1.82, 2.24) is 10.3 Å². The summed E-state index contributed by atoms with van der Waals surface area (Å²) in [7, 11) is 1.53. The Labute approximate surface area is 74.7 Å². The van der Waals surface area contributed by atoms with Crippen molar-refractivity contribution in [2.24, 2.45) is 0 Å². The summed E-state index contributed by atoms with van der Waals surface area (Å²) >= 11 is 5.58. The van der Waals surface area contributed by atoms with Gasteiger partial charge in [-0.05, 0) is 12.1 Å². The van der Waals surface area contributed by atoms with Crippen molar-refractivity contribution in [3.8, 4) is 0 Å². The van der Waals surface area contributed by atoms with Gasteiger partial charge in [0.15, 0.2) is 0 Å². The summed E-state index contributed by atoms with van der Waals surface area (Å²) < 4.78 is 0. The van der Waals surface area contributed by atoms with E-state index in [4.69, 9.17) is 17.3 Å². The van der Waals surface area contributed by atoms with E-state index in [-0.39, 0.29) is 16.9 Å². The summed E-state index contributed by atoms with van der Waals surface area (Å²) in [6, 6.07) is 2.92. The van der Waals surface area contributed by atoms with Crippen LogP contribution in [-0.4, -0.2) is 17.9 Å². The number of aromatic nitrogens is 1. The summed E-state index contributed by atoms with van der Waals surface area (Å²) in [6.45, 7) is 0. The Balaban J connectivity index is 3.08. The van der Waals surface area contributed by atoms with Crippen LogP contribution in [0.25, 0.3) is 0 Å². The number of amides is 1. The molecule has 0 bridgehead atoms. The lowest BCUT2D eigenvalue weighted by molar-refractivity contribution is 0.0963. The molecule has 1 amide bonds. The first-order valence-corrected chi connectivity index (χ1v) is 3.66. The minimum Gasteiger partial charge on any atom is -0.384 e. The largest absolute Gasteiger partial charge is 0.384 e. The highest BCUT2D eigenvalue weighted by molar-refractivity contribution is 6.29. The van der Waals surface area contributed by atoms with E-state index in [1.54, 1.807) is 0 Å². The number of nitrogens with two attached hydrogens (primary N) is 1. The molecular formula is C7H8ClN3O. The minimum absolute atomic E-state index is 0.216. The van der Waals surface area contributed by atoms with Crippen LogP contribution in [0, 0.1) is 0 Å². The summed E-state index contributed by atoms with van der Waals surface area (Å²) in [4.78, 5) is 14.8. The molecule has 0 atom stereocenters. The third-order valence-electron chi connectivity index (χ3n) is 1.30. The van der Waals surface area contributed by atoms with E-state index in [9.17, 15) is 4.79 Å². The van der Waals surface area contributed by atoms with Crippen molar-refractivity contribution >= 4 is 23.3 Å². The van der Waals surface area contributed by atoms with Crippen LogP contribution in [0.3, 0.4) is 0 Å². The number of halogens is 1. The fourth-order valence-electron chi connectivity index (χ4n) is 0.793. The Morgan fingerprint density at radius 2 is 2.33 bits per heavy atom.